The van der Waals surface area contributed by atoms with Crippen LogP contribution in [-0.4, -0.2) is 37.2 Å². The summed E-state index contributed by atoms with van der Waals surface area (Å²) in [7, 11) is 0. The van der Waals surface area contributed by atoms with E-state index in [0.29, 0.717) is 12.1 Å². The summed E-state index contributed by atoms with van der Waals surface area (Å²) in [5.74, 6) is 0. The average molecular weight is 260 g/mol. The highest BCUT2D eigenvalue weighted by atomic mass is 16.5. The van der Waals surface area contributed by atoms with E-state index in [1.54, 1.807) is 0 Å². The summed E-state index contributed by atoms with van der Waals surface area (Å²) in [6.07, 6.45) is 2.59. The molecule has 3 nitrogen and oxygen atoms in total. The van der Waals surface area contributed by atoms with Crippen molar-refractivity contribution in [2.45, 2.75) is 38.5 Å². The van der Waals surface area contributed by atoms with Crippen LogP contribution in [-0.2, 0) is 11.3 Å². The first kappa shape index (κ1) is 13.1. The number of hydrogen-bond acceptors (Lipinski definition) is 3. The van der Waals surface area contributed by atoms with Crippen LogP contribution >= 0.6 is 0 Å². The summed E-state index contributed by atoms with van der Waals surface area (Å²) >= 11 is 0. The van der Waals surface area contributed by atoms with Gasteiger partial charge in [0.2, 0.25) is 0 Å². The Labute approximate surface area is 115 Å². The van der Waals surface area contributed by atoms with E-state index >= 15 is 0 Å². The van der Waals surface area contributed by atoms with Gasteiger partial charge in [-0.3, -0.25) is 0 Å². The fraction of sp³-hybridized carbons (Fsp3) is 0.625. The molecule has 2 aliphatic heterocycles. The van der Waals surface area contributed by atoms with Gasteiger partial charge in [-0.15, -0.1) is 0 Å². The maximum atomic E-state index is 5.73. The Balaban J connectivity index is 1.67. The van der Waals surface area contributed by atoms with Crippen LogP contribution in [0.15, 0.2) is 24.3 Å². The highest BCUT2D eigenvalue weighted by Crippen LogP contribution is 2.25. The second kappa shape index (κ2) is 6.04. The molecular formula is C16H24N2O. The molecule has 3 rings (SSSR count). The van der Waals surface area contributed by atoms with Crippen molar-refractivity contribution >= 4 is 0 Å². The average Bonchev–Trinajstić information content (AvgIpc) is 2.48. The van der Waals surface area contributed by atoms with E-state index in [1.165, 1.54) is 37.1 Å². The number of hydrogen-bond donors (Lipinski definition) is 1. The van der Waals surface area contributed by atoms with Crippen LogP contribution in [0.4, 0.5) is 0 Å². The van der Waals surface area contributed by atoms with E-state index in [9.17, 15) is 0 Å². The molecule has 0 aromatic heterocycles. The molecule has 2 unspecified atom stereocenters. The van der Waals surface area contributed by atoms with Gasteiger partial charge in [0.25, 0.3) is 0 Å². The Morgan fingerprint density at radius 2 is 2.26 bits per heavy atom. The first-order valence-corrected chi connectivity index (χ1v) is 7.50. The van der Waals surface area contributed by atoms with Crippen LogP contribution in [0.3, 0.4) is 0 Å². The fourth-order valence-corrected chi connectivity index (χ4v) is 3.28. The van der Waals surface area contributed by atoms with Crippen molar-refractivity contribution in [3.63, 3.8) is 0 Å². The Morgan fingerprint density at radius 3 is 3.16 bits per heavy atom. The lowest BCUT2D eigenvalue weighted by Gasteiger charge is -2.36. The first-order valence-electron chi connectivity index (χ1n) is 7.50. The van der Waals surface area contributed by atoms with Gasteiger partial charge in [0.15, 0.2) is 0 Å². The Hall–Kier alpha value is -0.900. The number of ether oxygens (including phenoxy) is 1. The molecule has 1 saturated heterocycles. The number of nitrogens with one attached hydrogen (secondary N) is 1. The van der Waals surface area contributed by atoms with Crippen LogP contribution < -0.4 is 5.32 Å². The molecule has 0 radical (unpaired) electrons. The molecule has 1 fully saturated rings. The molecule has 19 heavy (non-hydrogen) atoms. The largest absolute Gasteiger partial charge is 0.375 e. The van der Waals surface area contributed by atoms with Gasteiger partial charge >= 0.3 is 0 Å². The highest BCUT2D eigenvalue weighted by Gasteiger charge is 2.25. The number of likely N-dealkylation sites (tertiary alicyclic amines) is 1. The highest BCUT2D eigenvalue weighted by molar-refractivity contribution is 5.31. The zero-order chi connectivity index (χ0) is 13.1. The van der Waals surface area contributed by atoms with Crippen LogP contribution in [0.5, 0.6) is 0 Å². The minimum absolute atomic E-state index is 0.367. The number of nitrogens with zero attached hydrogens (tertiary/aromatic N) is 1. The van der Waals surface area contributed by atoms with Gasteiger partial charge in [0.05, 0.1) is 19.3 Å². The van der Waals surface area contributed by atoms with Gasteiger partial charge in [-0.2, -0.15) is 0 Å². The molecule has 2 heterocycles. The molecule has 0 amide bonds. The van der Waals surface area contributed by atoms with Crippen molar-refractivity contribution in [1.82, 2.24) is 10.2 Å². The number of likely N-dealkylation sites (N-methyl/N-ethyl adjacent to an activating group) is 1. The van der Waals surface area contributed by atoms with E-state index in [2.05, 4.69) is 41.4 Å². The standard InChI is InChI=1S/C16H24N2O/c1-2-18-9-5-7-14(10-18)17-16-12-19-11-13-6-3-4-8-15(13)16/h3-4,6,8,14,16-17H,2,5,7,9-12H2,1H3. The summed E-state index contributed by atoms with van der Waals surface area (Å²) < 4.78 is 5.73. The minimum Gasteiger partial charge on any atom is -0.375 e. The first-order chi connectivity index (χ1) is 9.36. The zero-order valence-corrected chi connectivity index (χ0v) is 11.8. The molecule has 0 aliphatic carbocycles. The number of piperidine rings is 1. The Morgan fingerprint density at radius 1 is 1.37 bits per heavy atom. The molecule has 1 aromatic carbocycles. The number of rotatable bonds is 3. The van der Waals surface area contributed by atoms with Gasteiger partial charge in [-0.1, -0.05) is 31.2 Å². The topological polar surface area (TPSA) is 24.5 Å². The van der Waals surface area contributed by atoms with Crippen molar-refractivity contribution in [2.24, 2.45) is 0 Å². The van der Waals surface area contributed by atoms with E-state index in [4.69, 9.17) is 4.74 Å². The smallest absolute Gasteiger partial charge is 0.0721 e. The summed E-state index contributed by atoms with van der Waals surface area (Å²) in [5, 5.41) is 3.81. The Kier molecular flexibility index (Phi) is 4.16. The number of fused-ring (bicyclic) bond motifs is 1. The molecule has 0 spiro atoms. The van der Waals surface area contributed by atoms with Crippen molar-refractivity contribution in [2.75, 3.05) is 26.2 Å². The second-order valence-corrected chi connectivity index (χ2v) is 5.67. The molecule has 3 heteroatoms. The quantitative estimate of drug-likeness (QED) is 0.903. The SMILES string of the molecule is CCN1CCCC(NC2COCc3ccccc32)C1. The molecule has 2 aliphatic rings. The van der Waals surface area contributed by atoms with E-state index in [-0.39, 0.29) is 0 Å². The fourth-order valence-electron chi connectivity index (χ4n) is 3.28. The van der Waals surface area contributed by atoms with Gasteiger partial charge in [0, 0.05) is 12.6 Å². The van der Waals surface area contributed by atoms with E-state index < -0.39 is 0 Å². The zero-order valence-electron chi connectivity index (χ0n) is 11.8. The van der Waals surface area contributed by atoms with Crippen LogP contribution in [0.1, 0.15) is 36.9 Å². The molecule has 1 aromatic rings. The van der Waals surface area contributed by atoms with Crippen LogP contribution in [0.25, 0.3) is 0 Å². The molecule has 0 saturated carbocycles. The summed E-state index contributed by atoms with van der Waals surface area (Å²) in [4.78, 5) is 2.54. The number of benzene rings is 1. The maximum absolute atomic E-state index is 5.73. The molecule has 0 bridgehead atoms. The van der Waals surface area contributed by atoms with Crippen molar-refractivity contribution in [1.29, 1.82) is 0 Å². The normalized spacial score (nSPS) is 28.1. The van der Waals surface area contributed by atoms with Crippen molar-refractivity contribution in [3.8, 4) is 0 Å². The third kappa shape index (κ3) is 2.99. The molecule has 2 atom stereocenters. The van der Waals surface area contributed by atoms with Crippen LogP contribution in [0.2, 0.25) is 0 Å². The minimum atomic E-state index is 0.367. The molecular weight excluding hydrogens is 236 g/mol. The van der Waals surface area contributed by atoms with Crippen molar-refractivity contribution in [3.05, 3.63) is 35.4 Å². The third-order valence-electron chi connectivity index (χ3n) is 4.36. The van der Waals surface area contributed by atoms with Crippen LogP contribution in [0, 0.1) is 0 Å². The molecule has 1 N–H and O–H groups in total. The van der Waals surface area contributed by atoms with Gasteiger partial charge in [-0.25, -0.2) is 0 Å². The maximum Gasteiger partial charge on any atom is 0.0721 e. The lowest BCUT2D eigenvalue weighted by Crippen LogP contribution is -2.48. The summed E-state index contributed by atoms with van der Waals surface area (Å²) in [5.41, 5.74) is 2.77. The predicted octanol–water partition coefficient (Wildman–Crippen LogP) is 2.33. The lowest BCUT2D eigenvalue weighted by atomic mass is 9.97. The van der Waals surface area contributed by atoms with Gasteiger partial charge in [0.1, 0.15) is 0 Å². The second-order valence-electron chi connectivity index (χ2n) is 5.67. The summed E-state index contributed by atoms with van der Waals surface area (Å²) in [6.45, 7) is 7.42. The molecule has 104 valence electrons. The van der Waals surface area contributed by atoms with Crippen molar-refractivity contribution < 1.29 is 4.74 Å². The predicted molar refractivity (Wildman–Crippen MR) is 77.1 cm³/mol. The van der Waals surface area contributed by atoms with E-state index in [0.717, 1.165) is 19.8 Å². The summed E-state index contributed by atoms with van der Waals surface area (Å²) in [6, 6.07) is 9.64. The third-order valence-corrected chi connectivity index (χ3v) is 4.36. The monoisotopic (exact) mass is 260 g/mol. The van der Waals surface area contributed by atoms with E-state index in [1.807, 2.05) is 0 Å². The van der Waals surface area contributed by atoms with Gasteiger partial charge < -0.3 is 15.0 Å². The lowest BCUT2D eigenvalue weighted by molar-refractivity contribution is 0.0722. The Bertz CT molecular complexity index is 421. The van der Waals surface area contributed by atoms with Gasteiger partial charge in [-0.05, 0) is 37.1 Å².